The second kappa shape index (κ2) is 6.79. The Bertz CT molecular complexity index is 94.0. The fraction of sp³-hybridized carbons (Fsp3) is 1.00. The zero-order valence-corrected chi connectivity index (χ0v) is 9.77. The third-order valence-electron chi connectivity index (χ3n) is 2.15. The predicted octanol–water partition coefficient (Wildman–Crippen LogP) is 2.82. The van der Waals surface area contributed by atoms with Gasteiger partial charge in [0.15, 0.2) is 0 Å². The molecule has 0 saturated carbocycles. The molecule has 0 spiro atoms. The van der Waals surface area contributed by atoms with Crippen LogP contribution < -0.4 is 0 Å². The Morgan fingerprint density at radius 2 is 1.50 bits per heavy atom. The highest BCUT2D eigenvalue weighted by Gasteiger charge is 2.11. The van der Waals surface area contributed by atoms with Gasteiger partial charge in [-0.1, -0.05) is 0 Å². The second-order valence-corrected chi connectivity index (χ2v) is 4.30. The number of hydrogen-bond acceptors (Lipinski definition) is 2. The molecule has 0 aliphatic heterocycles. The number of rotatable bonds is 6. The largest absolute Gasteiger partial charge is 0.299 e. The monoisotopic (exact) mass is 189 g/mol. The van der Waals surface area contributed by atoms with Crippen molar-refractivity contribution >= 4 is 12.6 Å². The van der Waals surface area contributed by atoms with E-state index in [0.29, 0.717) is 12.1 Å². The number of nitrogens with zero attached hydrogens (tertiary/aromatic N) is 1. The predicted molar refractivity (Wildman–Crippen MR) is 60.1 cm³/mol. The van der Waals surface area contributed by atoms with Crippen molar-refractivity contribution in [3.05, 3.63) is 0 Å². The van der Waals surface area contributed by atoms with Gasteiger partial charge in [-0.25, -0.2) is 0 Å². The molecular weight excluding hydrogens is 166 g/mol. The molecule has 0 amide bonds. The van der Waals surface area contributed by atoms with Gasteiger partial charge in [0.25, 0.3) is 0 Å². The third-order valence-corrected chi connectivity index (χ3v) is 2.47. The molecule has 0 rings (SSSR count). The molecule has 74 valence electrons. The van der Waals surface area contributed by atoms with Gasteiger partial charge in [-0.2, -0.15) is 12.6 Å². The SMILES string of the molecule is CC(C)N(CCCCS)C(C)C. The van der Waals surface area contributed by atoms with Crippen LogP contribution in [0.4, 0.5) is 0 Å². The first kappa shape index (κ1) is 12.3. The van der Waals surface area contributed by atoms with Crippen LogP contribution in [-0.4, -0.2) is 29.3 Å². The molecular formula is C10H23NS. The number of thiol groups is 1. The van der Waals surface area contributed by atoms with Gasteiger partial charge in [0.1, 0.15) is 0 Å². The Morgan fingerprint density at radius 3 is 1.83 bits per heavy atom. The van der Waals surface area contributed by atoms with E-state index in [9.17, 15) is 0 Å². The van der Waals surface area contributed by atoms with Gasteiger partial charge in [0, 0.05) is 12.1 Å². The van der Waals surface area contributed by atoms with Crippen molar-refractivity contribution in [3.8, 4) is 0 Å². The van der Waals surface area contributed by atoms with E-state index in [-0.39, 0.29) is 0 Å². The van der Waals surface area contributed by atoms with Crippen LogP contribution in [0.3, 0.4) is 0 Å². The molecule has 2 heteroatoms. The molecule has 12 heavy (non-hydrogen) atoms. The first-order valence-electron chi connectivity index (χ1n) is 4.96. The smallest absolute Gasteiger partial charge is 0.00412 e. The molecule has 0 bridgehead atoms. The molecule has 0 aromatic rings. The van der Waals surface area contributed by atoms with Gasteiger partial charge in [0.2, 0.25) is 0 Å². The summed E-state index contributed by atoms with van der Waals surface area (Å²) in [5, 5.41) is 0. The summed E-state index contributed by atoms with van der Waals surface area (Å²) < 4.78 is 0. The summed E-state index contributed by atoms with van der Waals surface area (Å²) in [4.78, 5) is 2.53. The quantitative estimate of drug-likeness (QED) is 0.497. The topological polar surface area (TPSA) is 3.24 Å². The normalized spacial score (nSPS) is 12.0. The van der Waals surface area contributed by atoms with Crippen LogP contribution in [0.25, 0.3) is 0 Å². The van der Waals surface area contributed by atoms with E-state index in [1.807, 2.05) is 0 Å². The van der Waals surface area contributed by atoms with E-state index >= 15 is 0 Å². The van der Waals surface area contributed by atoms with Crippen LogP contribution in [0, 0.1) is 0 Å². The zero-order chi connectivity index (χ0) is 9.56. The van der Waals surface area contributed by atoms with Crippen molar-refractivity contribution in [3.63, 3.8) is 0 Å². The maximum absolute atomic E-state index is 4.21. The average molecular weight is 189 g/mol. The van der Waals surface area contributed by atoms with Crippen molar-refractivity contribution in [2.75, 3.05) is 12.3 Å². The number of hydrogen-bond donors (Lipinski definition) is 1. The molecule has 0 aromatic heterocycles. The Hall–Kier alpha value is 0.310. The average Bonchev–Trinajstić information content (AvgIpc) is 1.96. The zero-order valence-electron chi connectivity index (χ0n) is 8.88. The fourth-order valence-corrected chi connectivity index (χ4v) is 1.74. The van der Waals surface area contributed by atoms with E-state index in [2.05, 4.69) is 45.2 Å². The van der Waals surface area contributed by atoms with Crippen LogP contribution in [0.1, 0.15) is 40.5 Å². The maximum atomic E-state index is 4.21. The van der Waals surface area contributed by atoms with Crippen LogP contribution in [0.15, 0.2) is 0 Å². The highest BCUT2D eigenvalue weighted by Crippen LogP contribution is 2.06. The van der Waals surface area contributed by atoms with Gasteiger partial charge >= 0.3 is 0 Å². The highest BCUT2D eigenvalue weighted by atomic mass is 32.1. The fourth-order valence-electron chi connectivity index (χ4n) is 1.52. The van der Waals surface area contributed by atoms with Crippen molar-refractivity contribution in [1.29, 1.82) is 0 Å². The summed E-state index contributed by atoms with van der Waals surface area (Å²) in [7, 11) is 0. The van der Waals surface area contributed by atoms with E-state index in [4.69, 9.17) is 0 Å². The summed E-state index contributed by atoms with van der Waals surface area (Å²) in [6, 6.07) is 1.34. The van der Waals surface area contributed by atoms with Gasteiger partial charge in [-0.15, -0.1) is 0 Å². The molecule has 0 heterocycles. The molecule has 0 radical (unpaired) electrons. The second-order valence-electron chi connectivity index (χ2n) is 3.86. The minimum absolute atomic E-state index is 0.671. The van der Waals surface area contributed by atoms with Crippen molar-refractivity contribution < 1.29 is 0 Å². The minimum Gasteiger partial charge on any atom is -0.299 e. The molecule has 0 aromatic carbocycles. The lowest BCUT2D eigenvalue weighted by molar-refractivity contribution is 0.173. The molecule has 0 aliphatic carbocycles. The van der Waals surface area contributed by atoms with Crippen molar-refractivity contribution in [2.45, 2.75) is 52.6 Å². The molecule has 0 N–H and O–H groups in total. The van der Waals surface area contributed by atoms with Crippen LogP contribution in [0.5, 0.6) is 0 Å². The minimum atomic E-state index is 0.671. The summed E-state index contributed by atoms with van der Waals surface area (Å²) in [5.41, 5.74) is 0. The van der Waals surface area contributed by atoms with Gasteiger partial charge in [-0.3, -0.25) is 4.90 Å². The molecule has 0 unspecified atom stereocenters. The summed E-state index contributed by atoms with van der Waals surface area (Å²) in [6.45, 7) is 10.3. The van der Waals surface area contributed by atoms with Crippen molar-refractivity contribution in [2.24, 2.45) is 0 Å². The Morgan fingerprint density at radius 1 is 1.00 bits per heavy atom. The van der Waals surface area contributed by atoms with Crippen LogP contribution in [0.2, 0.25) is 0 Å². The molecule has 0 fully saturated rings. The van der Waals surface area contributed by atoms with E-state index in [1.165, 1.54) is 19.4 Å². The summed E-state index contributed by atoms with van der Waals surface area (Å²) in [5.74, 6) is 1.02. The van der Waals surface area contributed by atoms with E-state index < -0.39 is 0 Å². The number of unbranched alkanes of at least 4 members (excludes halogenated alkanes) is 1. The van der Waals surface area contributed by atoms with E-state index in [0.717, 1.165) is 5.75 Å². The lowest BCUT2D eigenvalue weighted by Gasteiger charge is -2.30. The Balaban J connectivity index is 3.64. The highest BCUT2D eigenvalue weighted by molar-refractivity contribution is 7.80. The van der Waals surface area contributed by atoms with Crippen LogP contribution in [-0.2, 0) is 0 Å². The standard InChI is InChI=1S/C10H23NS/c1-9(2)11(10(3)4)7-5-6-8-12/h9-10,12H,5-8H2,1-4H3. The van der Waals surface area contributed by atoms with Gasteiger partial charge in [-0.05, 0) is 52.8 Å². The first-order chi connectivity index (χ1) is 5.59. The molecule has 0 saturated heterocycles. The molecule has 0 atom stereocenters. The molecule has 0 aliphatic rings. The Kier molecular flexibility index (Phi) is 6.96. The van der Waals surface area contributed by atoms with Crippen LogP contribution >= 0.6 is 12.6 Å². The van der Waals surface area contributed by atoms with Gasteiger partial charge in [0.05, 0.1) is 0 Å². The maximum Gasteiger partial charge on any atom is 0.00412 e. The lowest BCUT2D eigenvalue weighted by atomic mass is 10.2. The lowest BCUT2D eigenvalue weighted by Crippen LogP contribution is -2.37. The van der Waals surface area contributed by atoms with E-state index in [1.54, 1.807) is 0 Å². The summed E-state index contributed by atoms with van der Waals surface area (Å²) >= 11 is 4.21. The Labute approximate surface area is 82.9 Å². The summed E-state index contributed by atoms with van der Waals surface area (Å²) in [6.07, 6.45) is 2.51. The van der Waals surface area contributed by atoms with Gasteiger partial charge < -0.3 is 0 Å². The molecule has 1 nitrogen and oxygen atoms in total. The third kappa shape index (κ3) is 5.04. The van der Waals surface area contributed by atoms with Crippen molar-refractivity contribution in [1.82, 2.24) is 4.90 Å². The first-order valence-corrected chi connectivity index (χ1v) is 5.59.